The average molecular weight is 444 g/mol. The maximum Gasteiger partial charge on any atom is 0.308 e. The number of halogens is 1. The van der Waals surface area contributed by atoms with Gasteiger partial charge in [0.05, 0.1) is 39.5 Å². The third kappa shape index (κ3) is 20.0. The van der Waals surface area contributed by atoms with E-state index in [0.717, 1.165) is 13.0 Å². The zero-order chi connectivity index (χ0) is 17.4. The van der Waals surface area contributed by atoms with Gasteiger partial charge >= 0.3 is 5.97 Å². The molecule has 0 aromatic heterocycles. The summed E-state index contributed by atoms with van der Waals surface area (Å²) in [6.45, 7) is 8.97. The van der Waals surface area contributed by atoms with E-state index >= 15 is 0 Å². The van der Waals surface area contributed by atoms with Gasteiger partial charge in [0.1, 0.15) is 5.60 Å². The van der Waals surface area contributed by atoms with Crippen LogP contribution < -0.4 is 0 Å². The first-order chi connectivity index (χ1) is 11.0. The quantitative estimate of drug-likeness (QED) is 0.167. The van der Waals surface area contributed by atoms with E-state index in [1.807, 2.05) is 20.8 Å². The summed E-state index contributed by atoms with van der Waals surface area (Å²) in [4.78, 5) is 11.4. The molecular weight excluding hydrogens is 411 g/mol. The lowest BCUT2D eigenvalue weighted by atomic mass is 10.2. The number of ether oxygens (including phenoxy) is 4. The number of hydrogen-bond donors (Lipinski definition) is 0. The first-order valence-electron chi connectivity index (χ1n) is 8.47. The number of alkyl halides is 1. The van der Waals surface area contributed by atoms with Gasteiger partial charge < -0.3 is 18.9 Å². The van der Waals surface area contributed by atoms with Crippen molar-refractivity contribution in [2.75, 3.05) is 44.1 Å². The van der Waals surface area contributed by atoms with Crippen molar-refractivity contribution >= 4 is 28.6 Å². The molecule has 6 heteroatoms. The number of carbonyl (C=O) groups excluding carboxylic acids is 1. The fourth-order valence-corrected chi connectivity index (χ4v) is 2.28. The Bertz CT molecular complexity index is 279. The first kappa shape index (κ1) is 23.1. The van der Waals surface area contributed by atoms with Crippen LogP contribution in [0.3, 0.4) is 0 Å². The minimum absolute atomic E-state index is 0.231. The van der Waals surface area contributed by atoms with Gasteiger partial charge in [0.25, 0.3) is 0 Å². The minimum atomic E-state index is -0.435. The smallest absolute Gasteiger partial charge is 0.308 e. The zero-order valence-corrected chi connectivity index (χ0v) is 17.1. The summed E-state index contributed by atoms with van der Waals surface area (Å²) in [5.74, 6) is -0.231. The SMILES string of the molecule is CC(C)(C)OC(=O)CCOCCOCCOCCCCCCI. The van der Waals surface area contributed by atoms with Crippen LogP contribution in [0.25, 0.3) is 0 Å². The van der Waals surface area contributed by atoms with Crippen molar-refractivity contribution < 1.29 is 23.7 Å². The van der Waals surface area contributed by atoms with E-state index in [-0.39, 0.29) is 12.4 Å². The molecule has 0 aromatic rings. The summed E-state index contributed by atoms with van der Waals surface area (Å²) < 4.78 is 22.7. The van der Waals surface area contributed by atoms with Crippen molar-refractivity contribution in [1.82, 2.24) is 0 Å². The highest BCUT2D eigenvalue weighted by Crippen LogP contribution is 2.08. The topological polar surface area (TPSA) is 54.0 Å². The molecule has 0 aliphatic carbocycles. The lowest BCUT2D eigenvalue weighted by Gasteiger charge is -2.19. The highest BCUT2D eigenvalue weighted by atomic mass is 127. The fraction of sp³-hybridized carbons (Fsp3) is 0.941. The van der Waals surface area contributed by atoms with E-state index in [9.17, 15) is 4.79 Å². The van der Waals surface area contributed by atoms with Crippen LogP contribution in [0.4, 0.5) is 0 Å². The second-order valence-corrected chi connectivity index (χ2v) is 7.36. The van der Waals surface area contributed by atoms with Crippen LogP contribution in [0, 0.1) is 0 Å². The molecule has 0 bridgehead atoms. The van der Waals surface area contributed by atoms with Crippen molar-refractivity contribution in [3.8, 4) is 0 Å². The molecule has 0 aromatic carbocycles. The summed E-state index contributed by atoms with van der Waals surface area (Å²) in [7, 11) is 0. The fourth-order valence-electron chi connectivity index (χ4n) is 1.74. The summed E-state index contributed by atoms with van der Waals surface area (Å²) in [6, 6.07) is 0. The Morgan fingerprint density at radius 3 is 1.87 bits per heavy atom. The third-order valence-corrected chi connectivity index (χ3v) is 3.55. The molecule has 0 aliphatic heterocycles. The Morgan fingerprint density at radius 2 is 1.30 bits per heavy atom. The number of esters is 1. The lowest BCUT2D eigenvalue weighted by molar-refractivity contribution is -0.156. The number of unbranched alkanes of at least 4 members (excludes halogenated alkanes) is 3. The first-order valence-corrected chi connectivity index (χ1v) is 9.99. The molecule has 138 valence electrons. The molecule has 0 fully saturated rings. The van der Waals surface area contributed by atoms with Gasteiger partial charge in [-0.2, -0.15) is 0 Å². The van der Waals surface area contributed by atoms with Crippen LogP contribution in [-0.4, -0.2) is 55.6 Å². The van der Waals surface area contributed by atoms with Gasteiger partial charge in [0.2, 0.25) is 0 Å². The third-order valence-electron chi connectivity index (χ3n) is 2.79. The van der Waals surface area contributed by atoms with Crippen LogP contribution in [0.15, 0.2) is 0 Å². The Labute approximate surface area is 154 Å². The van der Waals surface area contributed by atoms with Gasteiger partial charge in [-0.15, -0.1) is 0 Å². The molecule has 0 saturated heterocycles. The van der Waals surface area contributed by atoms with E-state index in [0.29, 0.717) is 33.0 Å². The Kier molecular flexibility index (Phi) is 15.7. The number of hydrogen-bond acceptors (Lipinski definition) is 5. The predicted octanol–water partition coefficient (Wildman–Crippen LogP) is 3.76. The van der Waals surface area contributed by atoms with Gasteiger partial charge in [-0.25, -0.2) is 0 Å². The van der Waals surface area contributed by atoms with Crippen LogP contribution in [0.5, 0.6) is 0 Å². The van der Waals surface area contributed by atoms with E-state index in [1.165, 1.54) is 23.7 Å². The number of rotatable bonds is 15. The summed E-state index contributed by atoms with van der Waals surface area (Å²) in [5.41, 5.74) is -0.435. The van der Waals surface area contributed by atoms with Gasteiger partial charge in [-0.3, -0.25) is 4.79 Å². The standard InChI is InChI=1S/C17H33IO5/c1-17(2,3)23-16(19)8-11-21-13-15-22-14-12-20-10-7-5-4-6-9-18/h4-15H2,1-3H3. The molecule has 23 heavy (non-hydrogen) atoms. The lowest BCUT2D eigenvalue weighted by Crippen LogP contribution is -2.24. The normalized spacial score (nSPS) is 11.7. The van der Waals surface area contributed by atoms with Crippen LogP contribution in [0.1, 0.15) is 52.9 Å². The molecule has 0 atom stereocenters. The molecule has 0 N–H and O–H groups in total. The molecule has 0 rings (SSSR count). The highest BCUT2D eigenvalue weighted by Gasteiger charge is 2.15. The summed E-state index contributed by atoms with van der Waals surface area (Å²) in [6.07, 6.45) is 5.25. The molecule has 0 unspecified atom stereocenters. The minimum Gasteiger partial charge on any atom is -0.460 e. The molecule has 5 nitrogen and oxygen atoms in total. The van der Waals surface area contributed by atoms with E-state index < -0.39 is 5.60 Å². The van der Waals surface area contributed by atoms with E-state index in [4.69, 9.17) is 18.9 Å². The molecule has 0 spiro atoms. The molecule has 0 radical (unpaired) electrons. The summed E-state index contributed by atoms with van der Waals surface area (Å²) in [5, 5.41) is 0. The molecule has 0 aliphatic rings. The van der Waals surface area contributed by atoms with Gasteiger partial charge in [-0.05, 0) is 38.0 Å². The Balaban J connectivity index is 3.15. The van der Waals surface area contributed by atoms with E-state index in [2.05, 4.69) is 22.6 Å². The second-order valence-electron chi connectivity index (χ2n) is 6.28. The van der Waals surface area contributed by atoms with Crippen molar-refractivity contribution in [2.45, 2.75) is 58.5 Å². The van der Waals surface area contributed by atoms with Crippen molar-refractivity contribution in [1.29, 1.82) is 0 Å². The van der Waals surface area contributed by atoms with Gasteiger partial charge in [0.15, 0.2) is 0 Å². The largest absolute Gasteiger partial charge is 0.460 e. The van der Waals surface area contributed by atoms with Crippen molar-refractivity contribution in [3.05, 3.63) is 0 Å². The second kappa shape index (κ2) is 15.6. The average Bonchev–Trinajstić information content (AvgIpc) is 2.46. The van der Waals surface area contributed by atoms with E-state index in [1.54, 1.807) is 0 Å². The van der Waals surface area contributed by atoms with Crippen LogP contribution in [0.2, 0.25) is 0 Å². The molecule has 0 amide bonds. The summed E-state index contributed by atoms with van der Waals surface area (Å²) >= 11 is 2.41. The molecule has 0 saturated carbocycles. The highest BCUT2D eigenvalue weighted by molar-refractivity contribution is 14.1. The Morgan fingerprint density at radius 1 is 0.783 bits per heavy atom. The van der Waals surface area contributed by atoms with Gasteiger partial charge in [0, 0.05) is 6.61 Å². The van der Waals surface area contributed by atoms with Crippen LogP contribution in [-0.2, 0) is 23.7 Å². The predicted molar refractivity (Wildman–Crippen MR) is 100 cm³/mol. The van der Waals surface area contributed by atoms with Crippen molar-refractivity contribution in [2.24, 2.45) is 0 Å². The number of carbonyl (C=O) groups is 1. The maximum atomic E-state index is 11.4. The Hall–Kier alpha value is 0.0800. The monoisotopic (exact) mass is 444 g/mol. The van der Waals surface area contributed by atoms with Crippen LogP contribution >= 0.6 is 22.6 Å². The molecule has 0 heterocycles. The van der Waals surface area contributed by atoms with Gasteiger partial charge in [-0.1, -0.05) is 35.4 Å². The zero-order valence-electron chi connectivity index (χ0n) is 14.9. The molecular formula is C17H33IO5. The maximum absolute atomic E-state index is 11.4. The van der Waals surface area contributed by atoms with Crippen molar-refractivity contribution in [3.63, 3.8) is 0 Å².